The van der Waals surface area contributed by atoms with Crippen LogP contribution >= 0.6 is 0 Å². The Morgan fingerprint density at radius 1 is 1.42 bits per heavy atom. The Kier molecular flexibility index (Phi) is 4.35. The van der Waals surface area contributed by atoms with Crippen molar-refractivity contribution in [3.63, 3.8) is 0 Å². The summed E-state index contributed by atoms with van der Waals surface area (Å²) >= 11 is 0. The number of hydrogen-bond donors (Lipinski definition) is 2. The second-order valence-corrected chi connectivity index (χ2v) is 6.75. The van der Waals surface area contributed by atoms with E-state index >= 15 is 0 Å². The molecule has 0 spiro atoms. The zero-order valence-corrected chi connectivity index (χ0v) is 12.2. The predicted molar refractivity (Wildman–Crippen MR) is 72.0 cm³/mol. The van der Waals surface area contributed by atoms with E-state index in [0.29, 0.717) is 11.1 Å². The molecule has 1 aromatic rings. The summed E-state index contributed by atoms with van der Waals surface area (Å²) < 4.78 is 27.0. The van der Waals surface area contributed by atoms with Crippen LogP contribution in [-0.2, 0) is 10.0 Å². The summed E-state index contributed by atoms with van der Waals surface area (Å²) in [5.41, 5.74) is -0.0710. The van der Waals surface area contributed by atoms with Gasteiger partial charge in [-0.2, -0.15) is 5.26 Å². The van der Waals surface area contributed by atoms with E-state index in [1.807, 2.05) is 6.07 Å². The number of nitrogens with one attached hydrogen (secondary N) is 1. The maximum atomic E-state index is 12.3. The molecule has 0 bridgehead atoms. The summed E-state index contributed by atoms with van der Waals surface area (Å²) in [6.07, 6.45) is -0.832. The van der Waals surface area contributed by atoms with Gasteiger partial charge in [0.2, 0.25) is 10.0 Å². The van der Waals surface area contributed by atoms with E-state index < -0.39 is 21.7 Å². The van der Waals surface area contributed by atoms with E-state index in [-0.39, 0.29) is 4.90 Å². The van der Waals surface area contributed by atoms with Gasteiger partial charge in [-0.3, -0.25) is 0 Å². The van der Waals surface area contributed by atoms with Crippen molar-refractivity contribution < 1.29 is 13.5 Å². The zero-order chi connectivity index (χ0) is 14.8. The summed E-state index contributed by atoms with van der Waals surface area (Å²) in [4.78, 5) is 0.111. The Morgan fingerprint density at radius 3 is 2.42 bits per heavy atom. The molecule has 1 unspecified atom stereocenters. The Morgan fingerprint density at radius 2 is 2.00 bits per heavy atom. The molecule has 0 heterocycles. The smallest absolute Gasteiger partial charge is 0.241 e. The van der Waals surface area contributed by atoms with Crippen LogP contribution in [0.5, 0.6) is 0 Å². The number of aryl methyl sites for hydroxylation is 1. The Hall–Kier alpha value is -1.42. The molecule has 19 heavy (non-hydrogen) atoms. The first-order valence-electron chi connectivity index (χ1n) is 5.83. The largest absolute Gasteiger partial charge is 0.391 e. The third-order valence-electron chi connectivity index (χ3n) is 3.04. The second kappa shape index (κ2) is 5.29. The van der Waals surface area contributed by atoms with Crippen LogP contribution in [0, 0.1) is 18.3 Å². The molecule has 0 radical (unpaired) electrons. The molecule has 104 valence electrons. The number of nitriles is 1. The van der Waals surface area contributed by atoms with E-state index in [9.17, 15) is 13.5 Å². The van der Waals surface area contributed by atoms with Gasteiger partial charge in [0.05, 0.1) is 28.2 Å². The topological polar surface area (TPSA) is 90.2 Å². The highest BCUT2D eigenvalue weighted by molar-refractivity contribution is 7.89. The van der Waals surface area contributed by atoms with Gasteiger partial charge in [-0.25, -0.2) is 13.1 Å². The highest BCUT2D eigenvalue weighted by atomic mass is 32.2. The van der Waals surface area contributed by atoms with Gasteiger partial charge in [0, 0.05) is 0 Å². The van der Waals surface area contributed by atoms with Gasteiger partial charge < -0.3 is 5.11 Å². The van der Waals surface area contributed by atoms with Crippen molar-refractivity contribution >= 4 is 10.0 Å². The summed E-state index contributed by atoms with van der Waals surface area (Å²) in [5, 5.41) is 18.3. The minimum Gasteiger partial charge on any atom is -0.391 e. The molecule has 1 atom stereocenters. The maximum Gasteiger partial charge on any atom is 0.241 e. The molecule has 6 heteroatoms. The number of aliphatic hydroxyl groups excluding tert-OH is 1. The molecule has 0 aliphatic carbocycles. The normalized spacial score (nSPS) is 13.9. The molecule has 0 aromatic heterocycles. The predicted octanol–water partition coefficient (Wildman–Crippen LogP) is 1.30. The number of benzene rings is 1. The van der Waals surface area contributed by atoms with E-state index in [1.165, 1.54) is 25.1 Å². The van der Waals surface area contributed by atoms with Gasteiger partial charge in [0.1, 0.15) is 0 Å². The number of rotatable bonds is 4. The Bertz CT molecular complexity index is 613. The average molecular weight is 282 g/mol. The summed E-state index contributed by atoms with van der Waals surface area (Å²) in [6, 6.07) is 6.33. The lowest BCUT2D eigenvalue weighted by molar-refractivity contribution is 0.111. The van der Waals surface area contributed by atoms with Crippen molar-refractivity contribution in [3.8, 4) is 6.07 Å². The molecule has 0 fully saturated rings. The first-order valence-corrected chi connectivity index (χ1v) is 7.31. The molecule has 1 aromatic carbocycles. The summed E-state index contributed by atoms with van der Waals surface area (Å²) in [6.45, 7) is 6.36. The van der Waals surface area contributed by atoms with E-state index in [2.05, 4.69) is 4.72 Å². The first-order chi connectivity index (χ1) is 8.60. The monoisotopic (exact) mass is 282 g/mol. The molecule has 0 amide bonds. The molecular weight excluding hydrogens is 264 g/mol. The third kappa shape index (κ3) is 3.53. The van der Waals surface area contributed by atoms with Crippen molar-refractivity contribution in [2.45, 2.75) is 44.2 Å². The molecular formula is C13H18N2O3S. The fourth-order valence-electron chi connectivity index (χ4n) is 1.51. The summed E-state index contributed by atoms with van der Waals surface area (Å²) in [7, 11) is -3.74. The Balaban J connectivity index is 3.19. The van der Waals surface area contributed by atoms with Gasteiger partial charge in [0.25, 0.3) is 0 Å². The minimum absolute atomic E-state index is 0.111. The Labute approximate surface area is 113 Å². The van der Waals surface area contributed by atoms with Crippen LogP contribution in [0.25, 0.3) is 0 Å². The van der Waals surface area contributed by atoms with Crippen molar-refractivity contribution in [1.29, 1.82) is 5.26 Å². The highest BCUT2D eigenvalue weighted by Gasteiger charge is 2.31. The molecule has 2 N–H and O–H groups in total. The summed E-state index contributed by atoms with van der Waals surface area (Å²) in [5.74, 6) is 0. The van der Waals surface area contributed by atoms with Crippen molar-refractivity contribution in [1.82, 2.24) is 4.72 Å². The lowest BCUT2D eigenvalue weighted by Crippen LogP contribution is -2.50. The van der Waals surface area contributed by atoms with E-state index in [0.717, 1.165) is 0 Å². The van der Waals surface area contributed by atoms with E-state index in [1.54, 1.807) is 20.8 Å². The van der Waals surface area contributed by atoms with Crippen LogP contribution in [-0.4, -0.2) is 25.2 Å². The molecule has 1 rings (SSSR count). The van der Waals surface area contributed by atoms with Gasteiger partial charge in [-0.15, -0.1) is 0 Å². The lowest BCUT2D eigenvalue weighted by Gasteiger charge is -2.29. The zero-order valence-electron chi connectivity index (χ0n) is 11.4. The molecule has 0 aliphatic heterocycles. The van der Waals surface area contributed by atoms with Gasteiger partial charge in [-0.1, -0.05) is 0 Å². The fraction of sp³-hybridized carbons (Fsp3) is 0.462. The van der Waals surface area contributed by atoms with Crippen molar-refractivity contribution in [2.24, 2.45) is 0 Å². The number of sulfonamides is 1. The van der Waals surface area contributed by atoms with Crippen LogP contribution in [0.1, 0.15) is 31.9 Å². The molecule has 5 nitrogen and oxygen atoms in total. The minimum atomic E-state index is -3.74. The SMILES string of the molecule is Cc1cc(C#N)ccc1S(=O)(=O)NC(C)(C)C(C)O. The van der Waals surface area contributed by atoms with Crippen LogP contribution in [0.2, 0.25) is 0 Å². The number of nitrogens with zero attached hydrogens (tertiary/aromatic N) is 1. The molecule has 0 saturated heterocycles. The standard InChI is InChI=1S/C13H18N2O3S/c1-9-7-11(8-14)5-6-12(9)19(17,18)15-13(3,4)10(2)16/h5-7,10,15-16H,1-4H3. The van der Waals surface area contributed by atoms with Gasteiger partial charge in [-0.05, 0) is 51.5 Å². The lowest BCUT2D eigenvalue weighted by atomic mass is 10.0. The van der Waals surface area contributed by atoms with Gasteiger partial charge >= 0.3 is 0 Å². The highest BCUT2D eigenvalue weighted by Crippen LogP contribution is 2.20. The maximum absolute atomic E-state index is 12.3. The van der Waals surface area contributed by atoms with Crippen LogP contribution in [0.4, 0.5) is 0 Å². The van der Waals surface area contributed by atoms with Gasteiger partial charge in [0.15, 0.2) is 0 Å². The quantitative estimate of drug-likeness (QED) is 0.871. The number of aliphatic hydroxyl groups is 1. The fourth-order valence-corrected chi connectivity index (χ4v) is 3.21. The van der Waals surface area contributed by atoms with Crippen molar-refractivity contribution in [3.05, 3.63) is 29.3 Å². The third-order valence-corrected chi connectivity index (χ3v) is 4.87. The first kappa shape index (κ1) is 15.6. The molecule has 0 saturated carbocycles. The van der Waals surface area contributed by atoms with Crippen LogP contribution in [0.15, 0.2) is 23.1 Å². The molecule has 0 aliphatic rings. The second-order valence-electron chi connectivity index (χ2n) is 5.10. The van der Waals surface area contributed by atoms with Crippen molar-refractivity contribution in [2.75, 3.05) is 0 Å². The van der Waals surface area contributed by atoms with E-state index in [4.69, 9.17) is 5.26 Å². The van der Waals surface area contributed by atoms with Crippen LogP contribution < -0.4 is 4.72 Å². The number of hydrogen-bond acceptors (Lipinski definition) is 4. The van der Waals surface area contributed by atoms with Crippen LogP contribution in [0.3, 0.4) is 0 Å². The average Bonchev–Trinajstić information content (AvgIpc) is 2.26.